The summed E-state index contributed by atoms with van der Waals surface area (Å²) < 4.78 is 24.9. The molecule has 2 heterocycles. The van der Waals surface area contributed by atoms with Gasteiger partial charge in [0.1, 0.15) is 23.0 Å². The number of nitrogens with two attached hydrogens (primary N) is 1. The Morgan fingerprint density at radius 3 is 2.73 bits per heavy atom. The number of para-hydroxylation sites is 1. The Morgan fingerprint density at radius 2 is 2.00 bits per heavy atom. The average molecular weight is 413 g/mol. The number of rotatable bonds is 1. The number of fused-ring (bicyclic) bond motifs is 3. The average Bonchev–Trinajstić information content (AvgIpc) is 2.63. The molecule has 1 atom stereocenters. The van der Waals surface area contributed by atoms with Crippen molar-refractivity contribution in [1.29, 1.82) is 5.26 Å². The Labute approximate surface area is 155 Å². The van der Waals surface area contributed by atoms with E-state index in [1.807, 2.05) is 6.07 Å². The van der Waals surface area contributed by atoms with Gasteiger partial charge in [-0.25, -0.2) is 9.18 Å². The van der Waals surface area contributed by atoms with E-state index in [0.717, 1.165) is 0 Å². The van der Waals surface area contributed by atoms with Gasteiger partial charge in [0.05, 0.1) is 21.3 Å². The first-order chi connectivity index (χ1) is 12.5. The number of halogens is 2. The summed E-state index contributed by atoms with van der Waals surface area (Å²) in [7, 11) is 0. The summed E-state index contributed by atoms with van der Waals surface area (Å²) in [6.45, 7) is 0. The van der Waals surface area contributed by atoms with Gasteiger partial charge in [-0.1, -0.05) is 18.2 Å². The minimum atomic E-state index is -0.818. The Hall–Kier alpha value is -3.11. The quantitative estimate of drug-likeness (QED) is 0.611. The summed E-state index contributed by atoms with van der Waals surface area (Å²) >= 11 is 3.13. The smallest absolute Gasteiger partial charge is 0.344 e. The van der Waals surface area contributed by atoms with Crippen molar-refractivity contribution in [2.75, 3.05) is 0 Å². The third-order valence-electron chi connectivity index (χ3n) is 4.25. The van der Waals surface area contributed by atoms with Crippen molar-refractivity contribution < 1.29 is 13.5 Å². The summed E-state index contributed by atoms with van der Waals surface area (Å²) in [5.41, 5.74) is 6.42. The van der Waals surface area contributed by atoms with Gasteiger partial charge in [0, 0.05) is 0 Å². The normalized spacial score (nSPS) is 16.1. The molecule has 0 aliphatic carbocycles. The maximum Gasteiger partial charge on any atom is 0.344 e. The van der Waals surface area contributed by atoms with Crippen LogP contribution in [0.2, 0.25) is 0 Å². The first kappa shape index (κ1) is 16.4. The van der Waals surface area contributed by atoms with Gasteiger partial charge < -0.3 is 14.9 Å². The fraction of sp³-hybridized carbons (Fsp3) is 0.0526. The number of hydrogen-bond acceptors (Lipinski definition) is 5. The molecule has 2 N–H and O–H groups in total. The van der Waals surface area contributed by atoms with Crippen molar-refractivity contribution in [2.24, 2.45) is 5.73 Å². The Bertz CT molecular complexity index is 1190. The van der Waals surface area contributed by atoms with E-state index >= 15 is 0 Å². The van der Waals surface area contributed by atoms with Crippen molar-refractivity contribution in [2.45, 2.75) is 5.92 Å². The standard InChI is InChI=1S/C19H10BrFN2O3/c20-12-7-9(5-6-13(12)21)15-11(8-22)18(23)26-17-10-3-1-2-4-14(10)25-19(24)16(15)17/h1-7,15H,23H2. The van der Waals surface area contributed by atoms with Gasteiger partial charge in [-0.2, -0.15) is 5.26 Å². The van der Waals surface area contributed by atoms with Crippen LogP contribution < -0.4 is 16.1 Å². The molecule has 2 aromatic carbocycles. The molecule has 3 aromatic rings. The van der Waals surface area contributed by atoms with Crippen molar-refractivity contribution in [3.05, 3.63) is 85.8 Å². The van der Waals surface area contributed by atoms with Gasteiger partial charge in [0.25, 0.3) is 0 Å². The highest BCUT2D eigenvalue weighted by molar-refractivity contribution is 9.10. The first-order valence-corrected chi connectivity index (χ1v) is 8.39. The van der Waals surface area contributed by atoms with Crippen LogP contribution in [0.5, 0.6) is 5.75 Å². The second kappa shape index (κ2) is 6.00. The Morgan fingerprint density at radius 1 is 1.23 bits per heavy atom. The van der Waals surface area contributed by atoms with Crippen molar-refractivity contribution in [3.63, 3.8) is 0 Å². The van der Waals surface area contributed by atoms with Crippen molar-refractivity contribution >= 4 is 26.9 Å². The summed E-state index contributed by atoms with van der Waals surface area (Å²) in [5.74, 6) is -1.12. The lowest BCUT2D eigenvalue weighted by atomic mass is 9.84. The van der Waals surface area contributed by atoms with Crippen LogP contribution in [0.4, 0.5) is 4.39 Å². The zero-order chi connectivity index (χ0) is 18.4. The van der Waals surface area contributed by atoms with E-state index in [1.54, 1.807) is 24.3 Å². The van der Waals surface area contributed by atoms with Crippen LogP contribution in [0.3, 0.4) is 0 Å². The van der Waals surface area contributed by atoms with Crippen LogP contribution in [0.1, 0.15) is 17.0 Å². The summed E-state index contributed by atoms with van der Waals surface area (Å²) in [5, 5.41) is 10.1. The number of hydrogen-bond donors (Lipinski definition) is 1. The van der Waals surface area contributed by atoms with Gasteiger partial charge in [-0.3, -0.25) is 0 Å². The lowest BCUT2D eigenvalue weighted by Gasteiger charge is -2.26. The predicted molar refractivity (Wildman–Crippen MR) is 95.9 cm³/mol. The van der Waals surface area contributed by atoms with Crippen LogP contribution >= 0.6 is 15.9 Å². The second-order valence-electron chi connectivity index (χ2n) is 5.73. The van der Waals surface area contributed by atoms with E-state index in [1.165, 1.54) is 18.2 Å². The zero-order valence-corrected chi connectivity index (χ0v) is 14.7. The molecule has 0 saturated heterocycles. The molecular formula is C19H10BrFN2O3. The van der Waals surface area contributed by atoms with Crippen molar-refractivity contribution in [1.82, 2.24) is 0 Å². The van der Waals surface area contributed by atoms with Crippen LogP contribution in [-0.2, 0) is 0 Å². The summed E-state index contributed by atoms with van der Waals surface area (Å²) in [6, 6.07) is 13.1. The topological polar surface area (TPSA) is 89.3 Å². The monoisotopic (exact) mass is 412 g/mol. The number of allylic oxidation sites excluding steroid dienone is 1. The van der Waals surface area contributed by atoms with Crippen molar-refractivity contribution in [3.8, 4) is 11.8 Å². The van der Waals surface area contributed by atoms with E-state index in [-0.39, 0.29) is 27.2 Å². The molecule has 7 heteroatoms. The number of ether oxygens (including phenoxy) is 1. The molecular weight excluding hydrogens is 403 g/mol. The van der Waals surface area contributed by atoms with E-state index in [4.69, 9.17) is 14.9 Å². The SMILES string of the molecule is N#CC1=C(N)Oc2c(c(=O)oc3ccccc23)C1c1ccc(F)c(Br)c1. The molecule has 1 unspecified atom stereocenters. The van der Waals surface area contributed by atoms with E-state index in [0.29, 0.717) is 16.5 Å². The van der Waals surface area contributed by atoms with E-state index in [9.17, 15) is 14.4 Å². The lowest BCUT2D eigenvalue weighted by Crippen LogP contribution is -2.26. The number of nitriles is 1. The molecule has 0 spiro atoms. The highest BCUT2D eigenvalue weighted by atomic mass is 79.9. The summed E-state index contributed by atoms with van der Waals surface area (Å²) in [4.78, 5) is 12.7. The van der Waals surface area contributed by atoms with E-state index in [2.05, 4.69) is 15.9 Å². The number of nitrogens with zero attached hydrogens (tertiary/aromatic N) is 1. The molecule has 0 radical (unpaired) electrons. The van der Waals surface area contributed by atoms with Crippen LogP contribution in [0.15, 0.2) is 67.6 Å². The second-order valence-corrected chi connectivity index (χ2v) is 6.58. The molecule has 5 nitrogen and oxygen atoms in total. The predicted octanol–water partition coefficient (Wildman–Crippen LogP) is 3.91. The van der Waals surface area contributed by atoms with Gasteiger partial charge in [0.2, 0.25) is 5.88 Å². The maximum absolute atomic E-state index is 13.7. The molecule has 26 heavy (non-hydrogen) atoms. The molecule has 1 aliphatic heterocycles. The largest absolute Gasteiger partial charge is 0.439 e. The molecule has 1 aliphatic rings. The third kappa shape index (κ3) is 2.38. The minimum Gasteiger partial charge on any atom is -0.439 e. The van der Waals surface area contributed by atoms with Crippen LogP contribution in [0, 0.1) is 17.1 Å². The van der Waals surface area contributed by atoms with Crippen LogP contribution in [0.25, 0.3) is 11.0 Å². The highest BCUT2D eigenvalue weighted by Crippen LogP contribution is 2.43. The molecule has 1 aromatic heterocycles. The minimum absolute atomic E-state index is 0.0681. The summed E-state index contributed by atoms with van der Waals surface area (Å²) in [6.07, 6.45) is 0. The lowest BCUT2D eigenvalue weighted by molar-refractivity contribution is 0.388. The molecule has 4 rings (SSSR count). The van der Waals surface area contributed by atoms with Gasteiger partial charge >= 0.3 is 5.63 Å². The van der Waals surface area contributed by atoms with E-state index < -0.39 is 17.4 Å². The zero-order valence-electron chi connectivity index (χ0n) is 13.1. The molecule has 0 bridgehead atoms. The molecule has 128 valence electrons. The maximum atomic E-state index is 13.7. The fourth-order valence-electron chi connectivity index (χ4n) is 3.09. The number of benzene rings is 2. The third-order valence-corrected chi connectivity index (χ3v) is 4.86. The molecule has 0 saturated carbocycles. The van der Waals surface area contributed by atoms with Gasteiger partial charge in [0.15, 0.2) is 5.75 Å². The molecule has 0 fully saturated rings. The Balaban J connectivity index is 2.08. The van der Waals surface area contributed by atoms with Crippen LogP contribution in [-0.4, -0.2) is 0 Å². The first-order valence-electron chi connectivity index (χ1n) is 7.59. The molecule has 0 amide bonds. The van der Waals surface area contributed by atoms with Gasteiger partial charge in [-0.15, -0.1) is 0 Å². The Kier molecular flexibility index (Phi) is 3.78. The van der Waals surface area contributed by atoms with Gasteiger partial charge in [-0.05, 0) is 45.8 Å². The highest BCUT2D eigenvalue weighted by Gasteiger charge is 2.35. The fourth-order valence-corrected chi connectivity index (χ4v) is 3.49.